The average molecular weight is 280 g/mol. The van der Waals surface area contributed by atoms with Crippen molar-refractivity contribution in [3.8, 4) is 0 Å². The lowest BCUT2D eigenvalue weighted by molar-refractivity contribution is -0.0462. The second-order valence-corrected chi connectivity index (χ2v) is 8.18. The minimum atomic E-state index is 0.278. The number of nitrogens with two attached hydrogens (primary N) is 1. The number of hydrogen-bond donors (Lipinski definition) is 1. The van der Waals surface area contributed by atoms with E-state index in [-0.39, 0.29) is 5.54 Å². The Balaban J connectivity index is 2.24. The molecular weight excluding hydrogens is 244 g/mol. The van der Waals surface area contributed by atoms with Crippen LogP contribution < -0.4 is 5.73 Å². The minimum Gasteiger partial charge on any atom is -0.329 e. The zero-order valence-corrected chi connectivity index (χ0v) is 14.3. The summed E-state index contributed by atoms with van der Waals surface area (Å²) >= 11 is 0. The Hall–Kier alpha value is -0.0800. The summed E-state index contributed by atoms with van der Waals surface area (Å²) in [6.07, 6.45) is 10.8. The van der Waals surface area contributed by atoms with Gasteiger partial charge in [-0.15, -0.1) is 0 Å². The third-order valence-corrected chi connectivity index (χ3v) is 6.28. The predicted octanol–water partition coefficient (Wildman–Crippen LogP) is 4.18. The van der Waals surface area contributed by atoms with Gasteiger partial charge in [-0.2, -0.15) is 0 Å². The monoisotopic (exact) mass is 280 g/mol. The quantitative estimate of drug-likeness (QED) is 0.840. The van der Waals surface area contributed by atoms with Gasteiger partial charge in [-0.25, -0.2) is 0 Å². The molecule has 1 saturated heterocycles. The van der Waals surface area contributed by atoms with Crippen molar-refractivity contribution in [1.29, 1.82) is 0 Å². The molecule has 2 rings (SSSR count). The zero-order chi connectivity index (χ0) is 14.8. The SMILES string of the molecule is CCC1CCCCCN1C1(CN)CCC(C)(C)CC1C. The van der Waals surface area contributed by atoms with Gasteiger partial charge in [-0.3, -0.25) is 4.90 Å². The van der Waals surface area contributed by atoms with Crippen LogP contribution in [0.1, 0.15) is 79.1 Å². The Morgan fingerprint density at radius 3 is 2.50 bits per heavy atom. The summed E-state index contributed by atoms with van der Waals surface area (Å²) in [5.74, 6) is 0.725. The van der Waals surface area contributed by atoms with Crippen molar-refractivity contribution < 1.29 is 0 Å². The van der Waals surface area contributed by atoms with Gasteiger partial charge in [-0.1, -0.05) is 40.5 Å². The van der Waals surface area contributed by atoms with Gasteiger partial charge in [-0.05, 0) is 56.4 Å². The number of rotatable bonds is 3. The second-order valence-electron chi connectivity index (χ2n) is 8.18. The van der Waals surface area contributed by atoms with Gasteiger partial charge >= 0.3 is 0 Å². The Morgan fingerprint density at radius 2 is 1.90 bits per heavy atom. The lowest BCUT2D eigenvalue weighted by atomic mass is 9.62. The highest BCUT2D eigenvalue weighted by Gasteiger charge is 2.48. The number of nitrogens with zero attached hydrogens (tertiary/aromatic N) is 1. The maximum absolute atomic E-state index is 6.37. The van der Waals surface area contributed by atoms with Crippen LogP contribution in [0.2, 0.25) is 0 Å². The minimum absolute atomic E-state index is 0.278. The van der Waals surface area contributed by atoms with E-state index in [2.05, 4.69) is 32.6 Å². The van der Waals surface area contributed by atoms with Crippen molar-refractivity contribution in [2.45, 2.75) is 90.6 Å². The molecule has 2 heteroatoms. The summed E-state index contributed by atoms with van der Waals surface area (Å²) in [5, 5.41) is 0. The predicted molar refractivity (Wildman–Crippen MR) is 87.8 cm³/mol. The van der Waals surface area contributed by atoms with Gasteiger partial charge in [0.05, 0.1) is 0 Å². The molecule has 1 heterocycles. The van der Waals surface area contributed by atoms with Crippen molar-refractivity contribution in [3.63, 3.8) is 0 Å². The molecular formula is C18H36N2. The van der Waals surface area contributed by atoms with E-state index in [1.54, 1.807) is 0 Å². The van der Waals surface area contributed by atoms with Gasteiger partial charge in [0.2, 0.25) is 0 Å². The molecule has 0 spiro atoms. The highest BCUT2D eigenvalue weighted by Crippen LogP contribution is 2.47. The smallest absolute Gasteiger partial charge is 0.0360 e. The van der Waals surface area contributed by atoms with Gasteiger partial charge in [0, 0.05) is 18.1 Å². The fourth-order valence-corrected chi connectivity index (χ4v) is 4.96. The van der Waals surface area contributed by atoms with Crippen LogP contribution in [-0.2, 0) is 0 Å². The summed E-state index contributed by atoms with van der Waals surface area (Å²) in [5.41, 5.74) is 7.16. The van der Waals surface area contributed by atoms with Crippen molar-refractivity contribution in [2.24, 2.45) is 17.1 Å². The second kappa shape index (κ2) is 6.36. The van der Waals surface area contributed by atoms with Crippen molar-refractivity contribution >= 4 is 0 Å². The molecule has 0 amide bonds. The molecule has 1 saturated carbocycles. The van der Waals surface area contributed by atoms with Gasteiger partial charge in [0.1, 0.15) is 0 Å². The van der Waals surface area contributed by atoms with Crippen LogP contribution in [0, 0.1) is 11.3 Å². The molecule has 118 valence electrons. The molecule has 2 aliphatic rings. The molecule has 1 aliphatic heterocycles. The maximum atomic E-state index is 6.37. The molecule has 3 unspecified atom stereocenters. The van der Waals surface area contributed by atoms with E-state index in [1.807, 2.05) is 0 Å². The molecule has 2 fully saturated rings. The summed E-state index contributed by atoms with van der Waals surface area (Å²) in [6.45, 7) is 11.8. The molecule has 1 aliphatic carbocycles. The molecule has 0 bridgehead atoms. The number of likely N-dealkylation sites (tertiary alicyclic amines) is 1. The normalized spacial score (nSPS) is 39.5. The van der Waals surface area contributed by atoms with Crippen LogP contribution in [0.15, 0.2) is 0 Å². The Morgan fingerprint density at radius 1 is 1.15 bits per heavy atom. The first kappa shape index (κ1) is 16.3. The zero-order valence-electron chi connectivity index (χ0n) is 14.3. The van der Waals surface area contributed by atoms with Gasteiger partial charge in [0.25, 0.3) is 0 Å². The van der Waals surface area contributed by atoms with E-state index < -0.39 is 0 Å². The van der Waals surface area contributed by atoms with E-state index in [1.165, 1.54) is 57.9 Å². The van der Waals surface area contributed by atoms with Crippen LogP contribution in [0.3, 0.4) is 0 Å². The average Bonchev–Trinajstić information content (AvgIpc) is 2.64. The summed E-state index contributed by atoms with van der Waals surface area (Å²) in [7, 11) is 0. The Bertz CT molecular complexity index is 313. The fourth-order valence-electron chi connectivity index (χ4n) is 4.96. The fraction of sp³-hybridized carbons (Fsp3) is 1.00. The summed E-state index contributed by atoms with van der Waals surface area (Å²) in [6, 6.07) is 0.768. The molecule has 0 radical (unpaired) electrons. The van der Waals surface area contributed by atoms with Crippen molar-refractivity contribution in [2.75, 3.05) is 13.1 Å². The van der Waals surface area contributed by atoms with E-state index in [0.717, 1.165) is 18.5 Å². The largest absolute Gasteiger partial charge is 0.329 e. The summed E-state index contributed by atoms with van der Waals surface area (Å²) < 4.78 is 0. The molecule has 20 heavy (non-hydrogen) atoms. The highest BCUT2D eigenvalue weighted by molar-refractivity contribution is 5.04. The maximum Gasteiger partial charge on any atom is 0.0360 e. The van der Waals surface area contributed by atoms with E-state index >= 15 is 0 Å². The molecule has 2 nitrogen and oxygen atoms in total. The van der Waals surface area contributed by atoms with Gasteiger partial charge < -0.3 is 5.73 Å². The van der Waals surface area contributed by atoms with Crippen LogP contribution in [-0.4, -0.2) is 29.6 Å². The van der Waals surface area contributed by atoms with Crippen molar-refractivity contribution in [3.05, 3.63) is 0 Å². The van der Waals surface area contributed by atoms with Crippen LogP contribution >= 0.6 is 0 Å². The van der Waals surface area contributed by atoms with E-state index in [0.29, 0.717) is 5.41 Å². The van der Waals surface area contributed by atoms with Gasteiger partial charge in [0.15, 0.2) is 0 Å². The lowest BCUT2D eigenvalue weighted by Crippen LogP contribution is -2.63. The third kappa shape index (κ3) is 3.06. The topological polar surface area (TPSA) is 29.3 Å². The lowest BCUT2D eigenvalue weighted by Gasteiger charge is -2.56. The molecule has 2 N–H and O–H groups in total. The first-order valence-electron chi connectivity index (χ1n) is 8.92. The number of hydrogen-bond acceptors (Lipinski definition) is 2. The van der Waals surface area contributed by atoms with Crippen LogP contribution in [0.25, 0.3) is 0 Å². The highest BCUT2D eigenvalue weighted by atomic mass is 15.2. The standard InChI is InChI=1S/C18H36N2/c1-5-16-9-7-6-8-12-20(16)18(14-19)11-10-17(3,4)13-15(18)2/h15-16H,5-14,19H2,1-4H3. The first-order valence-corrected chi connectivity index (χ1v) is 8.92. The van der Waals surface area contributed by atoms with E-state index in [9.17, 15) is 0 Å². The molecule has 3 atom stereocenters. The Labute approximate surface area is 126 Å². The van der Waals surface area contributed by atoms with Crippen LogP contribution in [0.5, 0.6) is 0 Å². The summed E-state index contributed by atoms with van der Waals surface area (Å²) in [4.78, 5) is 2.86. The molecule has 0 aromatic rings. The first-order chi connectivity index (χ1) is 9.45. The van der Waals surface area contributed by atoms with Crippen molar-refractivity contribution in [1.82, 2.24) is 4.90 Å². The van der Waals surface area contributed by atoms with Crippen LogP contribution in [0.4, 0.5) is 0 Å². The molecule has 0 aromatic carbocycles. The van der Waals surface area contributed by atoms with E-state index in [4.69, 9.17) is 5.73 Å². The third-order valence-electron chi connectivity index (χ3n) is 6.28. The molecule has 0 aromatic heterocycles. The Kier molecular flexibility index (Phi) is 5.18.